The van der Waals surface area contributed by atoms with Crippen LogP contribution in [0, 0.1) is 0 Å². The highest BCUT2D eigenvalue weighted by Gasteiger charge is 2.09. The number of anilines is 1. The van der Waals surface area contributed by atoms with Gasteiger partial charge in [-0.05, 0) is 0 Å². The Morgan fingerprint density at radius 1 is 1.37 bits per heavy atom. The van der Waals surface area contributed by atoms with Gasteiger partial charge in [0, 0.05) is 6.42 Å². The number of rotatable bonds is 2. The zero-order valence-electron chi connectivity index (χ0n) is 10.7. The van der Waals surface area contributed by atoms with E-state index < -0.39 is 10.1 Å². The van der Waals surface area contributed by atoms with Gasteiger partial charge in [-0.1, -0.05) is 6.92 Å². The van der Waals surface area contributed by atoms with Crippen LogP contribution in [0.3, 0.4) is 0 Å². The van der Waals surface area contributed by atoms with Crippen molar-refractivity contribution in [3.63, 3.8) is 0 Å². The molecule has 2 heterocycles. The molecule has 0 bridgehead atoms. The Bertz CT molecular complexity index is 659. The van der Waals surface area contributed by atoms with Crippen LogP contribution in [0.1, 0.15) is 12.7 Å². The van der Waals surface area contributed by atoms with Crippen molar-refractivity contribution in [2.75, 3.05) is 19.1 Å². The van der Waals surface area contributed by atoms with E-state index >= 15 is 0 Å². The maximum atomic E-state index is 9.19. The van der Waals surface area contributed by atoms with Gasteiger partial charge in [-0.25, -0.2) is 9.97 Å². The zero-order valence-corrected chi connectivity index (χ0v) is 11.5. The van der Waals surface area contributed by atoms with Gasteiger partial charge in [0.05, 0.1) is 13.4 Å². The lowest BCUT2D eigenvalue weighted by Gasteiger charge is -1.97. The number of imidazole rings is 1. The summed E-state index contributed by atoms with van der Waals surface area (Å²) in [5.41, 5.74) is 6.89. The Kier molecular flexibility index (Phi) is 4.62. The molecule has 0 spiro atoms. The number of nitrogens with one attached hydrogen (secondary N) is 1. The molecule has 4 N–H and O–H groups in total. The monoisotopic (exact) mass is 289 g/mol. The fraction of sp³-hybridized carbons (Fsp3) is 0.444. The van der Waals surface area contributed by atoms with Crippen LogP contribution < -0.4 is 10.5 Å². The number of nitrogen functional groups attached to an aromatic ring is 1. The quantitative estimate of drug-likeness (QED) is 0.656. The summed E-state index contributed by atoms with van der Waals surface area (Å²) in [4.78, 5) is 15.3. The molecule has 0 fully saturated rings. The van der Waals surface area contributed by atoms with E-state index in [1.807, 2.05) is 6.92 Å². The highest BCUT2D eigenvalue weighted by atomic mass is 32.2. The van der Waals surface area contributed by atoms with Gasteiger partial charge in [0.1, 0.15) is 11.3 Å². The Balaban J connectivity index is 0.000000312. The van der Waals surface area contributed by atoms with Gasteiger partial charge in [-0.2, -0.15) is 13.4 Å². The lowest BCUT2D eigenvalue weighted by molar-refractivity contribution is 0.386. The Hall–Kier alpha value is -1.94. The summed E-state index contributed by atoms with van der Waals surface area (Å²) in [6.45, 7) is 1.96. The number of H-pyrrole nitrogens is 1. The zero-order chi connectivity index (χ0) is 14.6. The molecule has 0 aliphatic carbocycles. The van der Waals surface area contributed by atoms with Crippen molar-refractivity contribution in [1.82, 2.24) is 19.9 Å². The van der Waals surface area contributed by atoms with Crippen molar-refractivity contribution in [2.24, 2.45) is 0 Å². The van der Waals surface area contributed by atoms with Crippen molar-refractivity contribution in [3.8, 4) is 6.01 Å². The van der Waals surface area contributed by atoms with Crippen molar-refractivity contribution < 1.29 is 17.7 Å². The van der Waals surface area contributed by atoms with Crippen LogP contribution in [0.25, 0.3) is 11.2 Å². The van der Waals surface area contributed by atoms with E-state index in [9.17, 15) is 8.42 Å². The van der Waals surface area contributed by atoms with Crippen LogP contribution >= 0.6 is 0 Å². The maximum absolute atomic E-state index is 9.19. The second kappa shape index (κ2) is 5.80. The van der Waals surface area contributed by atoms with E-state index in [4.69, 9.17) is 15.0 Å². The molecule has 2 rings (SSSR count). The number of fused-ring (bicyclic) bond motifs is 1. The molecule has 0 atom stereocenters. The summed E-state index contributed by atoms with van der Waals surface area (Å²) in [7, 11) is -2.14. The molecule has 0 radical (unpaired) electrons. The molecule has 0 aliphatic heterocycles. The summed E-state index contributed by atoms with van der Waals surface area (Å²) in [5, 5.41) is 0. The molecule has 0 aliphatic rings. The summed E-state index contributed by atoms with van der Waals surface area (Å²) in [5.74, 6) is 1.09. The fourth-order valence-electron chi connectivity index (χ4n) is 1.20. The highest BCUT2D eigenvalue weighted by molar-refractivity contribution is 7.85. The number of aryl methyl sites for hydroxylation is 1. The Labute approximate surface area is 110 Å². The number of ether oxygens (including phenoxy) is 1. The number of aromatic amines is 1. The molecule has 2 aromatic rings. The van der Waals surface area contributed by atoms with Crippen LogP contribution in [0.5, 0.6) is 6.01 Å². The van der Waals surface area contributed by atoms with Crippen LogP contribution in [-0.4, -0.2) is 46.3 Å². The Morgan fingerprint density at radius 3 is 2.42 bits per heavy atom. The van der Waals surface area contributed by atoms with Gasteiger partial charge in [-0.15, -0.1) is 0 Å². The van der Waals surface area contributed by atoms with Crippen LogP contribution in [-0.2, 0) is 16.5 Å². The van der Waals surface area contributed by atoms with Crippen molar-refractivity contribution in [2.45, 2.75) is 13.3 Å². The normalized spacial score (nSPS) is 10.9. The van der Waals surface area contributed by atoms with E-state index in [-0.39, 0.29) is 0 Å². The van der Waals surface area contributed by atoms with E-state index in [1.54, 1.807) is 0 Å². The van der Waals surface area contributed by atoms with Crippen molar-refractivity contribution >= 4 is 27.1 Å². The smallest absolute Gasteiger partial charge is 0.295 e. The third-order valence-electron chi connectivity index (χ3n) is 1.91. The van der Waals surface area contributed by atoms with Crippen LogP contribution in [0.2, 0.25) is 0 Å². The topological polar surface area (TPSA) is 144 Å². The highest BCUT2D eigenvalue weighted by Crippen LogP contribution is 2.18. The first kappa shape index (κ1) is 15.1. The van der Waals surface area contributed by atoms with Gasteiger partial charge >= 0.3 is 0 Å². The minimum absolute atomic E-state index is 0.397. The van der Waals surface area contributed by atoms with E-state index in [0.29, 0.717) is 35.1 Å². The first-order chi connectivity index (χ1) is 8.74. The predicted molar refractivity (Wildman–Crippen MR) is 69.5 cm³/mol. The van der Waals surface area contributed by atoms with E-state index in [0.717, 1.165) is 6.42 Å². The number of nitrogens with two attached hydrogens (primary N) is 1. The number of aromatic nitrogens is 4. The molecular formula is C9H15N5O4S. The Morgan fingerprint density at radius 2 is 1.95 bits per heavy atom. The first-order valence-electron chi connectivity index (χ1n) is 5.23. The number of hydrogen-bond acceptors (Lipinski definition) is 7. The predicted octanol–water partition coefficient (Wildman–Crippen LogP) is 0.0101. The van der Waals surface area contributed by atoms with Gasteiger partial charge in [0.2, 0.25) is 0 Å². The summed E-state index contributed by atoms with van der Waals surface area (Å²) in [6, 6.07) is 0.397. The van der Waals surface area contributed by atoms with Crippen LogP contribution in [0.4, 0.5) is 5.82 Å². The summed E-state index contributed by atoms with van der Waals surface area (Å²) < 4.78 is 30.8. The molecule has 0 unspecified atom stereocenters. The van der Waals surface area contributed by atoms with E-state index in [1.165, 1.54) is 7.11 Å². The van der Waals surface area contributed by atoms with Gasteiger partial charge < -0.3 is 15.5 Å². The average molecular weight is 289 g/mol. The molecule has 0 saturated carbocycles. The third-order valence-corrected chi connectivity index (χ3v) is 1.91. The molecule has 106 valence electrons. The van der Waals surface area contributed by atoms with Gasteiger partial charge in [-0.3, -0.25) is 4.55 Å². The second-order valence-electron chi connectivity index (χ2n) is 3.56. The van der Waals surface area contributed by atoms with Crippen LogP contribution in [0.15, 0.2) is 0 Å². The number of methoxy groups -OCH3 is 1. The standard InChI is InChI=1S/C8H11N5O.CH4O3S/c1-3-4-10-6(9)5-7(11-4)13-8(12-5)14-2;1-5(2,3)4/h3H2,1-2H3,(H3,9,10,11,12,13);1H3,(H,2,3,4). The number of nitrogens with zero attached hydrogens (tertiary/aromatic N) is 3. The molecule has 19 heavy (non-hydrogen) atoms. The summed E-state index contributed by atoms with van der Waals surface area (Å²) in [6.07, 6.45) is 1.45. The lowest BCUT2D eigenvalue weighted by atomic mass is 10.4. The lowest BCUT2D eigenvalue weighted by Crippen LogP contribution is -1.99. The van der Waals surface area contributed by atoms with Crippen molar-refractivity contribution in [1.29, 1.82) is 0 Å². The van der Waals surface area contributed by atoms with Gasteiger partial charge in [0.15, 0.2) is 11.5 Å². The average Bonchev–Trinajstić information content (AvgIpc) is 2.70. The molecule has 0 aromatic carbocycles. The van der Waals surface area contributed by atoms with Gasteiger partial charge in [0.25, 0.3) is 16.1 Å². The first-order valence-corrected chi connectivity index (χ1v) is 7.08. The molecule has 2 aromatic heterocycles. The fourth-order valence-corrected chi connectivity index (χ4v) is 1.20. The third kappa shape index (κ3) is 4.67. The largest absolute Gasteiger partial charge is 0.468 e. The molecule has 10 heteroatoms. The molecular weight excluding hydrogens is 274 g/mol. The van der Waals surface area contributed by atoms with E-state index in [2.05, 4.69) is 19.9 Å². The molecule has 9 nitrogen and oxygen atoms in total. The summed E-state index contributed by atoms with van der Waals surface area (Å²) >= 11 is 0. The maximum Gasteiger partial charge on any atom is 0.295 e. The van der Waals surface area contributed by atoms with Crippen molar-refractivity contribution in [3.05, 3.63) is 5.82 Å². The minimum atomic E-state index is -3.67. The second-order valence-corrected chi connectivity index (χ2v) is 5.02. The molecule has 0 saturated heterocycles. The minimum Gasteiger partial charge on any atom is -0.468 e. The SMILES string of the molecule is CCc1nc(N)c2[nH]c(OC)nc2n1.CS(=O)(=O)O. The number of hydrogen-bond donors (Lipinski definition) is 3. The molecule has 0 amide bonds.